The van der Waals surface area contributed by atoms with E-state index in [-0.39, 0.29) is 0 Å². The summed E-state index contributed by atoms with van der Waals surface area (Å²) in [6.07, 6.45) is 2.54. The Kier molecular flexibility index (Phi) is 2.33. The summed E-state index contributed by atoms with van der Waals surface area (Å²) < 4.78 is 10.3. The first-order valence-electron chi connectivity index (χ1n) is 4.49. The van der Waals surface area contributed by atoms with Crippen LogP contribution >= 0.6 is 0 Å². The third kappa shape index (κ3) is 1.34. The number of nitrogens with one attached hydrogen (secondary N) is 1. The fourth-order valence-corrected chi connectivity index (χ4v) is 1.65. The van der Waals surface area contributed by atoms with Crippen LogP contribution in [0.4, 0.5) is 0 Å². The van der Waals surface area contributed by atoms with Crippen LogP contribution in [0.1, 0.15) is 10.4 Å². The van der Waals surface area contributed by atoms with Gasteiger partial charge in [-0.3, -0.25) is 4.79 Å². The van der Waals surface area contributed by atoms with Gasteiger partial charge in [-0.1, -0.05) is 0 Å². The van der Waals surface area contributed by atoms with Crippen molar-refractivity contribution >= 4 is 17.2 Å². The molecule has 0 amide bonds. The summed E-state index contributed by atoms with van der Waals surface area (Å²) >= 11 is 0. The smallest absolute Gasteiger partial charge is 0.155 e. The molecule has 0 aliphatic rings. The average molecular weight is 205 g/mol. The Balaban J connectivity index is 2.84. The van der Waals surface area contributed by atoms with Crippen LogP contribution in [0, 0.1) is 0 Å². The van der Waals surface area contributed by atoms with E-state index in [4.69, 9.17) is 9.47 Å². The fraction of sp³-hybridized carbons (Fsp3) is 0.182. The van der Waals surface area contributed by atoms with Crippen molar-refractivity contribution in [3.05, 3.63) is 23.9 Å². The van der Waals surface area contributed by atoms with E-state index in [0.29, 0.717) is 17.1 Å². The number of carbonyl (C=O) groups excluding carboxylic acids is 1. The Hall–Kier alpha value is -1.97. The number of fused-ring (bicyclic) bond motifs is 1. The summed E-state index contributed by atoms with van der Waals surface area (Å²) in [5.41, 5.74) is 1.25. The Morgan fingerprint density at radius 1 is 1.27 bits per heavy atom. The maximum Gasteiger partial charge on any atom is 0.155 e. The molecule has 1 N–H and O–H groups in total. The maximum atomic E-state index is 11.0. The van der Waals surface area contributed by atoms with E-state index in [2.05, 4.69) is 4.98 Å². The van der Waals surface area contributed by atoms with Gasteiger partial charge in [0.1, 0.15) is 11.5 Å². The molecule has 15 heavy (non-hydrogen) atoms. The number of H-pyrrole nitrogens is 1. The van der Waals surface area contributed by atoms with E-state index in [9.17, 15) is 4.79 Å². The third-order valence-electron chi connectivity index (χ3n) is 2.37. The predicted octanol–water partition coefficient (Wildman–Crippen LogP) is 2.00. The van der Waals surface area contributed by atoms with Crippen molar-refractivity contribution in [1.82, 2.24) is 4.98 Å². The minimum Gasteiger partial charge on any atom is -0.496 e. The highest BCUT2D eigenvalue weighted by atomic mass is 16.5. The first-order valence-corrected chi connectivity index (χ1v) is 4.49. The maximum absolute atomic E-state index is 11.0. The van der Waals surface area contributed by atoms with Crippen molar-refractivity contribution in [2.75, 3.05) is 14.2 Å². The number of carbonyl (C=O) groups is 1. The molecular formula is C11H11NO3. The topological polar surface area (TPSA) is 51.3 Å². The number of aromatic nitrogens is 1. The van der Waals surface area contributed by atoms with E-state index in [1.165, 1.54) is 7.11 Å². The molecule has 0 radical (unpaired) electrons. The molecule has 0 unspecified atom stereocenters. The van der Waals surface area contributed by atoms with Gasteiger partial charge in [0.2, 0.25) is 0 Å². The zero-order valence-electron chi connectivity index (χ0n) is 8.53. The lowest BCUT2D eigenvalue weighted by Gasteiger charge is -2.08. The minimum absolute atomic E-state index is 0.511. The molecule has 0 spiro atoms. The van der Waals surface area contributed by atoms with E-state index in [1.807, 2.05) is 6.07 Å². The van der Waals surface area contributed by atoms with Crippen LogP contribution in [0.2, 0.25) is 0 Å². The van der Waals surface area contributed by atoms with Crippen LogP contribution in [-0.4, -0.2) is 25.5 Å². The average Bonchev–Trinajstić information content (AvgIpc) is 2.75. The second-order valence-electron chi connectivity index (χ2n) is 3.08. The molecule has 4 heteroatoms. The summed E-state index contributed by atoms with van der Waals surface area (Å²) in [5.74, 6) is 1.20. The Morgan fingerprint density at radius 3 is 2.60 bits per heavy atom. The first kappa shape index (κ1) is 9.58. The second kappa shape index (κ2) is 3.65. The molecule has 78 valence electrons. The van der Waals surface area contributed by atoms with E-state index in [0.717, 1.165) is 17.2 Å². The van der Waals surface area contributed by atoms with E-state index < -0.39 is 0 Å². The number of benzene rings is 1. The lowest BCUT2D eigenvalue weighted by atomic mass is 10.1. The fourth-order valence-electron chi connectivity index (χ4n) is 1.65. The van der Waals surface area contributed by atoms with Gasteiger partial charge in [-0.25, -0.2) is 0 Å². The molecule has 1 heterocycles. The third-order valence-corrected chi connectivity index (χ3v) is 2.37. The summed E-state index contributed by atoms with van der Waals surface area (Å²) in [7, 11) is 3.11. The number of hydrogen-bond donors (Lipinski definition) is 1. The standard InChI is InChI=1S/C11H11NO3/c1-14-9-5-10(15-2)8(6-13)11-7(9)3-4-12-11/h3-6,12H,1-2H3. The largest absolute Gasteiger partial charge is 0.496 e. The Morgan fingerprint density at radius 2 is 2.00 bits per heavy atom. The van der Waals surface area contributed by atoms with E-state index >= 15 is 0 Å². The van der Waals surface area contributed by atoms with Gasteiger partial charge in [-0.05, 0) is 6.07 Å². The number of ether oxygens (including phenoxy) is 2. The molecule has 4 nitrogen and oxygen atoms in total. The van der Waals surface area contributed by atoms with Crippen molar-refractivity contribution in [2.24, 2.45) is 0 Å². The molecule has 1 aromatic heterocycles. The molecule has 0 aliphatic heterocycles. The highest BCUT2D eigenvalue weighted by molar-refractivity contribution is 6.01. The number of methoxy groups -OCH3 is 2. The molecule has 0 saturated heterocycles. The Labute approximate surface area is 86.8 Å². The number of rotatable bonds is 3. The van der Waals surface area contributed by atoms with Crippen molar-refractivity contribution in [3.8, 4) is 11.5 Å². The molecule has 0 aliphatic carbocycles. The van der Waals surface area contributed by atoms with Gasteiger partial charge in [-0.2, -0.15) is 0 Å². The summed E-state index contributed by atoms with van der Waals surface area (Å²) in [5, 5.41) is 0.875. The van der Waals surface area contributed by atoms with Crippen LogP contribution in [0.25, 0.3) is 10.9 Å². The summed E-state index contributed by atoms with van der Waals surface area (Å²) in [4.78, 5) is 14.0. The Bertz CT molecular complexity index is 502. The van der Waals surface area contributed by atoms with Crippen LogP contribution in [0.3, 0.4) is 0 Å². The summed E-state index contributed by atoms with van der Waals surface area (Å²) in [6, 6.07) is 3.57. The zero-order valence-corrected chi connectivity index (χ0v) is 8.53. The molecule has 0 saturated carbocycles. The molecule has 0 atom stereocenters. The van der Waals surface area contributed by atoms with Crippen LogP contribution in [-0.2, 0) is 0 Å². The molecule has 2 rings (SSSR count). The minimum atomic E-state index is 0.511. The first-order chi connectivity index (χ1) is 7.31. The lowest BCUT2D eigenvalue weighted by molar-refractivity contribution is 0.112. The SMILES string of the molecule is COc1cc(OC)c2cc[nH]c2c1C=O. The predicted molar refractivity (Wildman–Crippen MR) is 56.8 cm³/mol. The number of aldehydes is 1. The zero-order chi connectivity index (χ0) is 10.8. The summed E-state index contributed by atoms with van der Waals surface area (Å²) in [6.45, 7) is 0. The van der Waals surface area contributed by atoms with Gasteiger partial charge in [0.15, 0.2) is 6.29 Å². The highest BCUT2D eigenvalue weighted by Crippen LogP contribution is 2.33. The molecular weight excluding hydrogens is 194 g/mol. The van der Waals surface area contributed by atoms with Crippen LogP contribution in [0.5, 0.6) is 11.5 Å². The number of aromatic amines is 1. The van der Waals surface area contributed by atoms with Crippen LogP contribution < -0.4 is 9.47 Å². The van der Waals surface area contributed by atoms with Crippen molar-refractivity contribution in [2.45, 2.75) is 0 Å². The van der Waals surface area contributed by atoms with Gasteiger partial charge >= 0.3 is 0 Å². The van der Waals surface area contributed by atoms with Gasteiger partial charge in [0, 0.05) is 17.6 Å². The lowest BCUT2D eigenvalue weighted by Crippen LogP contribution is -1.94. The molecule has 0 fully saturated rings. The quantitative estimate of drug-likeness (QED) is 0.779. The molecule has 1 aromatic carbocycles. The molecule has 2 aromatic rings. The van der Waals surface area contributed by atoms with Gasteiger partial charge < -0.3 is 14.5 Å². The van der Waals surface area contributed by atoms with Crippen molar-refractivity contribution < 1.29 is 14.3 Å². The van der Waals surface area contributed by atoms with Gasteiger partial charge in [-0.15, -0.1) is 0 Å². The molecule has 0 bridgehead atoms. The normalized spacial score (nSPS) is 10.3. The van der Waals surface area contributed by atoms with Crippen molar-refractivity contribution in [3.63, 3.8) is 0 Å². The van der Waals surface area contributed by atoms with Gasteiger partial charge in [0.25, 0.3) is 0 Å². The monoisotopic (exact) mass is 205 g/mol. The second-order valence-corrected chi connectivity index (χ2v) is 3.08. The number of hydrogen-bond acceptors (Lipinski definition) is 3. The highest BCUT2D eigenvalue weighted by Gasteiger charge is 2.13. The van der Waals surface area contributed by atoms with Gasteiger partial charge in [0.05, 0.1) is 25.3 Å². The van der Waals surface area contributed by atoms with E-state index in [1.54, 1.807) is 19.4 Å². The van der Waals surface area contributed by atoms with Crippen molar-refractivity contribution in [1.29, 1.82) is 0 Å². The van der Waals surface area contributed by atoms with Crippen LogP contribution in [0.15, 0.2) is 18.3 Å².